The van der Waals surface area contributed by atoms with Gasteiger partial charge < -0.3 is 0 Å². The van der Waals surface area contributed by atoms with Crippen molar-refractivity contribution in [3.63, 3.8) is 0 Å². The zero-order valence-electron chi connectivity index (χ0n) is 7.62. The van der Waals surface area contributed by atoms with Crippen LogP contribution in [-0.2, 0) is 0 Å². The SMILES string of the molecule is CC1CC=c2ccccc2=[N+]1C. The molecule has 1 heteroatoms. The number of fused-ring (bicyclic) bond motifs is 1. The van der Waals surface area contributed by atoms with Gasteiger partial charge in [0.2, 0.25) is 5.36 Å². The average molecular weight is 160 g/mol. The molecule has 0 N–H and O–H groups in total. The van der Waals surface area contributed by atoms with E-state index in [1.807, 2.05) is 0 Å². The van der Waals surface area contributed by atoms with E-state index in [-0.39, 0.29) is 0 Å². The van der Waals surface area contributed by atoms with Crippen LogP contribution in [0, 0.1) is 0 Å². The fourth-order valence-corrected chi connectivity index (χ4v) is 1.67. The molecule has 0 bridgehead atoms. The first-order chi connectivity index (χ1) is 5.79. The number of nitrogens with zero attached hydrogens (tertiary/aromatic N) is 1. The molecular weight excluding hydrogens is 146 g/mol. The van der Waals surface area contributed by atoms with Crippen molar-refractivity contribution in [1.29, 1.82) is 0 Å². The van der Waals surface area contributed by atoms with Crippen molar-refractivity contribution in [3.8, 4) is 0 Å². The van der Waals surface area contributed by atoms with Crippen molar-refractivity contribution in [2.24, 2.45) is 0 Å². The largest absolute Gasteiger partial charge is 0.229 e. The molecule has 0 aromatic heterocycles. The van der Waals surface area contributed by atoms with Crippen molar-refractivity contribution in [3.05, 3.63) is 34.8 Å². The molecular formula is C11H14N+. The van der Waals surface area contributed by atoms with Gasteiger partial charge in [0.25, 0.3) is 0 Å². The van der Waals surface area contributed by atoms with Crippen molar-refractivity contribution >= 4 is 6.08 Å². The topological polar surface area (TPSA) is 3.01 Å². The predicted molar refractivity (Wildman–Crippen MR) is 51.4 cm³/mol. The molecule has 1 aromatic carbocycles. The summed E-state index contributed by atoms with van der Waals surface area (Å²) in [5.74, 6) is 0. The van der Waals surface area contributed by atoms with Gasteiger partial charge in [-0.3, -0.25) is 0 Å². The highest BCUT2D eigenvalue weighted by atomic mass is 15.0. The van der Waals surface area contributed by atoms with Crippen molar-refractivity contribution in [2.75, 3.05) is 7.05 Å². The Hall–Kier alpha value is -1.11. The fraction of sp³-hybridized carbons (Fsp3) is 0.364. The van der Waals surface area contributed by atoms with Gasteiger partial charge in [-0.1, -0.05) is 18.2 Å². The van der Waals surface area contributed by atoms with Crippen LogP contribution in [0.5, 0.6) is 0 Å². The van der Waals surface area contributed by atoms with Crippen LogP contribution in [0.4, 0.5) is 0 Å². The lowest BCUT2D eigenvalue weighted by atomic mass is 10.1. The van der Waals surface area contributed by atoms with Crippen LogP contribution in [0.15, 0.2) is 24.3 Å². The summed E-state index contributed by atoms with van der Waals surface area (Å²) in [4.78, 5) is 0. The highest BCUT2D eigenvalue weighted by molar-refractivity contribution is 5.26. The third-order valence-corrected chi connectivity index (χ3v) is 2.66. The summed E-state index contributed by atoms with van der Waals surface area (Å²) in [5, 5.41) is 2.73. The minimum atomic E-state index is 0.639. The number of benzene rings is 1. The molecule has 0 amide bonds. The standard InChI is InChI=1S/C11H14N/c1-9-7-8-10-5-3-4-6-11(10)12(9)2/h3-6,8-9H,7H2,1-2H3/q+1. The van der Waals surface area contributed by atoms with E-state index in [1.54, 1.807) is 0 Å². The first-order valence-corrected chi connectivity index (χ1v) is 4.44. The van der Waals surface area contributed by atoms with Gasteiger partial charge >= 0.3 is 0 Å². The molecule has 2 rings (SSSR count). The maximum Gasteiger partial charge on any atom is 0.206 e. The summed E-state index contributed by atoms with van der Waals surface area (Å²) in [6, 6.07) is 9.19. The van der Waals surface area contributed by atoms with E-state index in [4.69, 9.17) is 0 Å². The Morgan fingerprint density at radius 1 is 1.33 bits per heavy atom. The molecule has 12 heavy (non-hydrogen) atoms. The van der Waals surface area contributed by atoms with Crippen molar-refractivity contribution in [2.45, 2.75) is 19.4 Å². The van der Waals surface area contributed by atoms with Gasteiger partial charge in [-0.05, 0) is 13.0 Å². The zero-order chi connectivity index (χ0) is 8.55. The van der Waals surface area contributed by atoms with Gasteiger partial charge in [-0.25, -0.2) is 4.58 Å². The van der Waals surface area contributed by atoms with Crippen LogP contribution < -0.4 is 15.2 Å². The minimum Gasteiger partial charge on any atom is -0.229 e. The second-order valence-corrected chi connectivity index (χ2v) is 3.46. The molecule has 1 aliphatic rings. The molecule has 0 fully saturated rings. The Bertz CT molecular complexity index is 403. The summed E-state index contributed by atoms with van der Waals surface area (Å²) >= 11 is 0. The van der Waals surface area contributed by atoms with Crippen LogP contribution in [0.3, 0.4) is 0 Å². The number of hydrogen-bond donors (Lipinski definition) is 0. The predicted octanol–water partition coefficient (Wildman–Crippen LogP) is 0.380. The van der Waals surface area contributed by atoms with Crippen LogP contribution in [0.25, 0.3) is 6.08 Å². The molecule has 1 aromatic rings. The Balaban J connectivity index is 2.83. The molecule has 1 heterocycles. The molecule has 62 valence electrons. The third kappa shape index (κ3) is 1.06. The number of hydrogen-bond acceptors (Lipinski definition) is 0. The summed E-state index contributed by atoms with van der Waals surface area (Å²) in [7, 11) is 2.16. The minimum absolute atomic E-state index is 0.639. The Morgan fingerprint density at radius 3 is 2.92 bits per heavy atom. The molecule has 0 saturated heterocycles. The first-order valence-electron chi connectivity index (χ1n) is 4.44. The highest BCUT2D eigenvalue weighted by Gasteiger charge is 2.13. The monoisotopic (exact) mass is 160 g/mol. The smallest absolute Gasteiger partial charge is 0.206 e. The molecule has 0 saturated carbocycles. The van der Waals surface area contributed by atoms with E-state index in [2.05, 4.69) is 48.9 Å². The zero-order valence-corrected chi connectivity index (χ0v) is 7.62. The van der Waals surface area contributed by atoms with Gasteiger partial charge in [0.05, 0.1) is 0 Å². The van der Waals surface area contributed by atoms with Crippen LogP contribution in [-0.4, -0.2) is 13.1 Å². The van der Waals surface area contributed by atoms with Crippen LogP contribution >= 0.6 is 0 Å². The fourth-order valence-electron chi connectivity index (χ4n) is 1.67. The Morgan fingerprint density at radius 2 is 2.08 bits per heavy atom. The van der Waals surface area contributed by atoms with Crippen molar-refractivity contribution < 1.29 is 0 Å². The quantitative estimate of drug-likeness (QED) is 0.483. The average Bonchev–Trinajstić information content (AvgIpc) is 2.12. The van der Waals surface area contributed by atoms with Gasteiger partial charge in [0.1, 0.15) is 7.05 Å². The van der Waals surface area contributed by atoms with Gasteiger partial charge in [-0.2, -0.15) is 0 Å². The van der Waals surface area contributed by atoms with E-state index >= 15 is 0 Å². The summed E-state index contributed by atoms with van der Waals surface area (Å²) in [5.41, 5.74) is 0. The normalized spacial score (nSPS) is 21.5. The third-order valence-electron chi connectivity index (χ3n) is 2.66. The lowest BCUT2D eigenvalue weighted by Crippen LogP contribution is -2.45. The molecule has 0 spiro atoms. The first kappa shape index (κ1) is 7.53. The molecule has 1 aliphatic heterocycles. The van der Waals surface area contributed by atoms with Gasteiger partial charge in [0.15, 0.2) is 6.04 Å². The van der Waals surface area contributed by atoms with Crippen LogP contribution in [0.1, 0.15) is 13.3 Å². The van der Waals surface area contributed by atoms with Crippen LogP contribution in [0.2, 0.25) is 0 Å². The summed E-state index contributed by atoms with van der Waals surface area (Å²) in [6.45, 7) is 2.26. The van der Waals surface area contributed by atoms with E-state index in [0.29, 0.717) is 6.04 Å². The Labute approximate surface area is 72.7 Å². The molecule has 1 unspecified atom stereocenters. The maximum atomic E-state index is 2.34. The maximum absolute atomic E-state index is 2.34. The van der Waals surface area contributed by atoms with Gasteiger partial charge in [0, 0.05) is 17.7 Å². The molecule has 0 aliphatic carbocycles. The highest BCUT2D eigenvalue weighted by Crippen LogP contribution is 1.95. The van der Waals surface area contributed by atoms with E-state index in [9.17, 15) is 0 Å². The van der Waals surface area contributed by atoms with E-state index in [0.717, 1.165) is 6.42 Å². The lowest BCUT2D eigenvalue weighted by Gasteiger charge is -2.08. The number of rotatable bonds is 0. The van der Waals surface area contributed by atoms with E-state index < -0.39 is 0 Å². The molecule has 1 atom stereocenters. The van der Waals surface area contributed by atoms with E-state index in [1.165, 1.54) is 10.6 Å². The molecule has 1 nitrogen and oxygen atoms in total. The summed E-state index contributed by atoms with van der Waals surface area (Å²) < 4.78 is 2.34. The number of para-hydroxylation sites is 1. The molecule has 0 radical (unpaired) electrons. The second-order valence-electron chi connectivity index (χ2n) is 3.46. The van der Waals surface area contributed by atoms with Gasteiger partial charge in [-0.15, -0.1) is 0 Å². The second kappa shape index (κ2) is 2.74. The lowest BCUT2D eigenvalue weighted by molar-refractivity contribution is 0.522. The van der Waals surface area contributed by atoms with Crippen molar-refractivity contribution in [1.82, 2.24) is 4.58 Å². The Kier molecular flexibility index (Phi) is 1.72. The summed E-state index contributed by atoms with van der Waals surface area (Å²) in [6.07, 6.45) is 3.48.